The zero-order valence-corrected chi connectivity index (χ0v) is 51.7. The first-order valence-corrected chi connectivity index (χ1v) is 30.3. The molecule has 13 atom stereocenters. The standard InChI is InChI=1S/C57H97F3N16O13/c1-7-31(4)10-8-9-11-44(79)67-36(16-22-61)51(84)76-46(33(6)78)56(89)72-39(19-25-64)48(81)71-41-21-27-66-55(88)45(32(5)77)75-52(85)40(20-26-65)69-47(80)37(17-23-62)70-53(86)42(28-30(2)3)73-54(87)43(74-49(82)38(18-24-63)68-50(41)83)29-34-12-14-35(15-13-34)57(58,59)60/h12-15,30-33,36-43,45-46,77-78H,7-11,16-29,61-65H2,1-6H3,(H,66,88)(H,67,79)(H,68,83)(H,69,80)(H,70,86)(H,71,81)(H,72,89)(H,73,87)(H,74,82)(H,75,85)(H,76,84)/t31-,32+,33+,36-,37-,38-,39-,40-,41-,42-,43+,45-,46-/m0/s1. The quantitative estimate of drug-likeness (QED) is 0.0338. The molecule has 0 aliphatic carbocycles. The van der Waals surface area contributed by atoms with Gasteiger partial charge < -0.3 is 97.4 Å². The number of halogens is 3. The molecule has 1 saturated heterocycles. The number of hydrogen-bond donors (Lipinski definition) is 18. The van der Waals surface area contributed by atoms with Crippen LogP contribution < -0.4 is 87.2 Å². The van der Waals surface area contributed by atoms with Gasteiger partial charge in [0, 0.05) is 19.4 Å². The predicted octanol–water partition coefficient (Wildman–Crippen LogP) is -4.23. The molecule has 1 aliphatic rings. The van der Waals surface area contributed by atoms with Gasteiger partial charge in [0.05, 0.1) is 17.8 Å². The number of aliphatic hydroxyl groups is 2. The maximum Gasteiger partial charge on any atom is 0.416 e. The summed E-state index contributed by atoms with van der Waals surface area (Å²) in [4.78, 5) is 154. The van der Waals surface area contributed by atoms with E-state index in [9.17, 15) is 76.1 Å². The van der Waals surface area contributed by atoms with Crippen molar-refractivity contribution in [3.8, 4) is 0 Å². The Hall–Kier alpha value is -7.10. The SMILES string of the molecule is CC[C@H](C)CCCCC(=O)N[C@@H](CCN)C(=O)N[C@H](C(=O)N[C@@H](CCN)C(=O)N[C@H]1CCNC(=O)[C@H]([C@@H](C)O)NC(=O)[C@H](CCN)NC(=O)[C@H](CCN)NC(=O)[C@H](CC(C)C)NC(=O)[C@@H](Cc2ccc(C(F)(F)F)cc2)NC(=O)[C@H](CCN)NC1=O)[C@@H](C)O. The molecule has 1 heterocycles. The number of aliphatic hydroxyl groups excluding tert-OH is 2. The highest BCUT2D eigenvalue weighted by Crippen LogP contribution is 2.29. The first kappa shape index (κ1) is 78.0. The van der Waals surface area contributed by atoms with Gasteiger partial charge in [-0.3, -0.25) is 52.7 Å². The number of nitrogens with one attached hydrogen (secondary N) is 11. The molecule has 1 aliphatic heterocycles. The third-order valence-corrected chi connectivity index (χ3v) is 14.7. The fourth-order valence-corrected chi connectivity index (χ4v) is 9.34. The van der Waals surface area contributed by atoms with E-state index in [4.69, 9.17) is 28.7 Å². The van der Waals surface area contributed by atoms with Crippen molar-refractivity contribution in [2.75, 3.05) is 39.3 Å². The lowest BCUT2D eigenvalue weighted by atomic mass is 9.99. The molecule has 0 aromatic heterocycles. The van der Waals surface area contributed by atoms with E-state index >= 15 is 0 Å². The van der Waals surface area contributed by atoms with E-state index in [2.05, 4.69) is 72.3 Å². The molecule has 504 valence electrons. The zero-order chi connectivity index (χ0) is 67.1. The van der Waals surface area contributed by atoms with E-state index in [1.54, 1.807) is 13.8 Å². The Balaban J connectivity index is 2.74. The highest BCUT2D eigenvalue weighted by Gasteiger charge is 2.38. The number of benzene rings is 1. The molecule has 1 aromatic rings. The van der Waals surface area contributed by atoms with Crippen LogP contribution in [0.1, 0.15) is 130 Å². The summed E-state index contributed by atoms with van der Waals surface area (Å²) in [5, 5.41) is 48.8. The number of alkyl halides is 3. The summed E-state index contributed by atoms with van der Waals surface area (Å²) in [6, 6.07) is -12.3. The van der Waals surface area contributed by atoms with Crippen LogP contribution in [0.4, 0.5) is 13.2 Å². The molecule has 0 unspecified atom stereocenters. The van der Waals surface area contributed by atoms with Crippen molar-refractivity contribution >= 4 is 65.0 Å². The number of nitrogens with two attached hydrogens (primary N) is 5. The average Bonchev–Trinajstić information content (AvgIpc) is 3.43. The van der Waals surface area contributed by atoms with Gasteiger partial charge in [0.2, 0.25) is 65.0 Å². The van der Waals surface area contributed by atoms with E-state index in [1.165, 1.54) is 6.92 Å². The molecule has 0 saturated carbocycles. The van der Waals surface area contributed by atoms with Crippen molar-refractivity contribution in [3.05, 3.63) is 35.4 Å². The lowest BCUT2D eigenvalue weighted by Crippen LogP contribution is -2.62. The van der Waals surface area contributed by atoms with Gasteiger partial charge in [-0.2, -0.15) is 13.2 Å². The first-order chi connectivity index (χ1) is 41.9. The summed E-state index contributed by atoms with van der Waals surface area (Å²) in [6.45, 7) is 8.34. The summed E-state index contributed by atoms with van der Waals surface area (Å²) >= 11 is 0. The molecule has 2 rings (SSSR count). The van der Waals surface area contributed by atoms with E-state index < -0.39 is 169 Å². The second kappa shape index (κ2) is 39.8. The third-order valence-electron chi connectivity index (χ3n) is 14.7. The first-order valence-electron chi connectivity index (χ1n) is 30.3. The number of unbranched alkanes of at least 4 members (excludes halogenated alkanes) is 1. The monoisotopic (exact) mass is 1270 g/mol. The lowest BCUT2D eigenvalue weighted by molar-refractivity contribution is -0.137. The van der Waals surface area contributed by atoms with Gasteiger partial charge in [-0.25, -0.2) is 0 Å². The van der Waals surface area contributed by atoms with Crippen LogP contribution >= 0.6 is 0 Å². The molecule has 29 nitrogen and oxygen atoms in total. The number of hydrogen-bond acceptors (Lipinski definition) is 18. The normalized spacial score (nSPS) is 22.6. The molecule has 0 spiro atoms. The van der Waals surface area contributed by atoms with Crippen LogP contribution in [0.5, 0.6) is 0 Å². The molecule has 0 radical (unpaired) electrons. The Kier molecular flexibility index (Phi) is 34.9. The summed E-state index contributed by atoms with van der Waals surface area (Å²) in [5.41, 5.74) is 28.3. The molecular formula is C57H97F3N16O13. The zero-order valence-electron chi connectivity index (χ0n) is 51.7. The van der Waals surface area contributed by atoms with Gasteiger partial charge in [-0.1, -0.05) is 59.1 Å². The number of carbonyl (C=O) groups excluding carboxylic acids is 11. The largest absolute Gasteiger partial charge is 0.416 e. The highest BCUT2D eigenvalue weighted by atomic mass is 19.4. The van der Waals surface area contributed by atoms with Gasteiger partial charge in [-0.05, 0) is 127 Å². The second-order valence-electron chi connectivity index (χ2n) is 22.8. The minimum Gasteiger partial charge on any atom is -0.391 e. The fourth-order valence-electron chi connectivity index (χ4n) is 9.34. The Labute approximate surface area is 517 Å². The molecule has 23 N–H and O–H groups in total. The predicted molar refractivity (Wildman–Crippen MR) is 321 cm³/mol. The molecule has 11 amide bonds. The molecule has 1 fully saturated rings. The topological polar surface area (TPSA) is 491 Å². The Morgan fingerprint density at radius 1 is 0.584 bits per heavy atom. The average molecular weight is 1270 g/mol. The van der Waals surface area contributed by atoms with E-state index in [1.807, 2.05) is 0 Å². The lowest BCUT2D eigenvalue weighted by Gasteiger charge is -2.29. The van der Waals surface area contributed by atoms with E-state index in [-0.39, 0.29) is 89.2 Å². The van der Waals surface area contributed by atoms with Crippen LogP contribution in [0.25, 0.3) is 0 Å². The molecule has 1 aromatic carbocycles. The van der Waals surface area contributed by atoms with Crippen molar-refractivity contribution in [2.24, 2.45) is 40.5 Å². The van der Waals surface area contributed by atoms with Gasteiger partial charge >= 0.3 is 6.18 Å². The summed E-state index contributed by atoms with van der Waals surface area (Å²) in [7, 11) is 0. The Morgan fingerprint density at radius 2 is 1.07 bits per heavy atom. The summed E-state index contributed by atoms with van der Waals surface area (Å²) in [5.74, 6) is -10.6. The minimum absolute atomic E-state index is 0.0500. The van der Waals surface area contributed by atoms with Crippen LogP contribution in [0, 0.1) is 11.8 Å². The number of rotatable bonds is 29. The molecule has 0 bridgehead atoms. The summed E-state index contributed by atoms with van der Waals surface area (Å²) in [6.07, 6.45) is -6.96. The van der Waals surface area contributed by atoms with Crippen molar-refractivity contribution in [2.45, 2.75) is 204 Å². The molecule has 89 heavy (non-hydrogen) atoms. The molecular weight excluding hydrogens is 1170 g/mol. The second-order valence-corrected chi connectivity index (χ2v) is 22.8. The van der Waals surface area contributed by atoms with Crippen LogP contribution in [0.2, 0.25) is 0 Å². The van der Waals surface area contributed by atoms with Gasteiger partial charge in [0.1, 0.15) is 60.4 Å². The van der Waals surface area contributed by atoms with Crippen LogP contribution in [-0.4, -0.2) is 187 Å². The summed E-state index contributed by atoms with van der Waals surface area (Å²) < 4.78 is 40.9. The number of carbonyl (C=O) groups is 11. The van der Waals surface area contributed by atoms with E-state index in [0.29, 0.717) is 12.3 Å². The fraction of sp³-hybridized carbons (Fsp3) is 0.702. The van der Waals surface area contributed by atoms with Crippen LogP contribution in [0.15, 0.2) is 24.3 Å². The van der Waals surface area contributed by atoms with Crippen LogP contribution in [0.3, 0.4) is 0 Å². The van der Waals surface area contributed by atoms with Gasteiger partial charge in [0.15, 0.2) is 0 Å². The van der Waals surface area contributed by atoms with Crippen LogP contribution in [-0.2, 0) is 65.3 Å². The Bertz CT molecular complexity index is 2480. The van der Waals surface area contributed by atoms with Gasteiger partial charge in [-0.15, -0.1) is 0 Å². The smallest absolute Gasteiger partial charge is 0.391 e. The maximum absolute atomic E-state index is 14.6. The van der Waals surface area contributed by atoms with Crippen molar-refractivity contribution in [3.63, 3.8) is 0 Å². The maximum atomic E-state index is 14.6. The van der Waals surface area contributed by atoms with Crippen molar-refractivity contribution < 1.29 is 76.1 Å². The number of amides is 11. The Morgan fingerprint density at radius 3 is 1.55 bits per heavy atom. The highest BCUT2D eigenvalue weighted by molar-refractivity contribution is 5.99. The van der Waals surface area contributed by atoms with Crippen molar-refractivity contribution in [1.82, 2.24) is 58.5 Å². The van der Waals surface area contributed by atoms with Crippen molar-refractivity contribution in [1.29, 1.82) is 0 Å². The van der Waals surface area contributed by atoms with E-state index in [0.717, 1.165) is 50.5 Å². The van der Waals surface area contributed by atoms with Gasteiger partial charge in [0.25, 0.3) is 0 Å². The minimum atomic E-state index is -4.74. The third kappa shape index (κ3) is 27.7. The molecule has 32 heteroatoms.